The number of rotatable bonds is 9. The number of amides is 3. The van der Waals surface area contributed by atoms with Crippen molar-refractivity contribution in [1.29, 1.82) is 0 Å². The third kappa shape index (κ3) is 4.68. The number of nitrogens with one attached hydrogen (secondary N) is 1. The van der Waals surface area contributed by atoms with Crippen molar-refractivity contribution in [2.45, 2.75) is 38.1 Å². The number of hydrogen-bond acceptors (Lipinski definition) is 8. The number of carbonyl (C=O) groups is 4. The summed E-state index contributed by atoms with van der Waals surface area (Å²) >= 11 is 0. The minimum absolute atomic E-state index is 0.0878. The summed E-state index contributed by atoms with van der Waals surface area (Å²) in [6.45, 7) is 2.96. The van der Waals surface area contributed by atoms with Gasteiger partial charge in [-0.15, -0.1) is 0 Å². The van der Waals surface area contributed by atoms with Crippen molar-refractivity contribution in [3.05, 3.63) is 99.1 Å². The van der Waals surface area contributed by atoms with Gasteiger partial charge in [-0.2, -0.15) is 0 Å². The molecule has 0 saturated carbocycles. The highest BCUT2D eigenvalue weighted by Gasteiger charge is 2.63. The van der Waals surface area contributed by atoms with Crippen molar-refractivity contribution >= 4 is 35.1 Å². The smallest absolute Gasteiger partial charge is 0.329 e. The summed E-state index contributed by atoms with van der Waals surface area (Å²) < 4.78 is 10.4. The van der Waals surface area contributed by atoms with Crippen molar-refractivity contribution in [3.8, 4) is 5.75 Å². The zero-order valence-corrected chi connectivity index (χ0v) is 24.4. The summed E-state index contributed by atoms with van der Waals surface area (Å²) in [5.74, 6) is -4.31. The normalized spacial score (nSPS) is 21.8. The van der Waals surface area contributed by atoms with E-state index in [0.717, 1.165) is 27.2 Å². The zero-order chi connectivity index (χ0) is 31.3. The van der Waals surface area contributed by atoms with Crippen LogP contribution in [0, 0.1) is 27.9 Å². The first-order valence-electron chi connectivity index (χ1n) is 14.5. The number of nitrogens with zero attached hydrogens (tertiary/aromatic N) is 2. The minimum Gasteiger partial charge on any atom is -0.497 e. The maximum absolute atomic E-state index is 14.2. The first-order valence-corrected chi connectivity index (χ1v) is 14.5. The van der Waals surface area contributed by atoms with Gasteiger partial charge >= 0.3 is 5.97 Å². The number of esters is 1. The molecule has 44 heavy (non-hydrogen) atoms. The molecule has 3 atom stereocenters. The van der Waals surface area contributed by atoms with E-state index in [1.54, 1.807) is 0 Å². The Labute approximate surface area is 253 Å². The van der Waals surface area contributed by atoms with Gasteiger partial charge in [-0.3, -0.25) is 29.4 Å². The number of nitro groups is 1. The molecule has 226 valence electrons. The molecule has 7 rings (SSSR count). The molecule has 3 aliphatic carbocycles. The second-order valence-corrected chi connectivity index (χ2v) is 11.8. The zero-order valence-electron chi connectivity index (χ0n) is 24.4. The summed E-state index contributed by atoms with van der Waals surface area (Å²) in [4.78, 5) is 66.5. The number of hydrogen-bond donors (Lipinski definition) is 1. The van der Waals surface area contributed by atoms with E-state index in [1.165, 1.54) is 25.3 Å². The number of anilines is 1. The lowest BCUT2D eigenvalue weighted by molar-refractivity contribution is -0.383. The van der Waals surface area contributed by atoms with Crippen molar-refractivity contribution in [2.75, 3.05) is 19.0 Å². The molecule has 3 amide bonds. The predicted molar refractivity (Wildman–Crippen MR) is 158 cm³/mol. The molecule has 0 unspecified atom stereocenters. The molecule has 2 bridgehead atoms. The summed E-state index contributed by atoms with van der Waals surface area (Å²) in [6.07, 6.45) is 0.147. The second-order valence-electron chi connectivity index (χ2n) is 11.8. The van der Waals surface area contributed by atoms with Crippen LogP contribution in [-0.2, 0) is 23.9 Å². The first kappa shape index (κ1) is 29.0. The Hall–Kier alpha value is -5.06. The van der Waals surface area contributed by atoms with Crippen LogP contribution in [0.4, 0.5) is 11.4 Å². The minimum atomic E-state index is -1.23. The highest BCUT2D eigenvalue weighted by molar-refractivity contribution is 6.10. The number of nitro benzene ring substituents is 1. The highest BCUT2D eigenvalue weighted by Crippen LogP contribution is 2.61. The second kappa shape index (κ2) is 11.2. The molecule has 11 nitrogen and oxygen atoms in total. The van der Waals surface area contributed by atoms with E-state index in [4.69, 9.17) is 9.47 Å². The number of ether oxygens (including phenoxy) is 2. The Kier molecular flexibility index (Phi) is 7.40. The average Bonchev–Trinajstić information content (AvgIpc) is 3.28. The first-order chi connectivity index (χ1) is 21.1. The predicted octanol–water partition coefficient (Wildman–Crippen LogP) is 4.39. The molecule has 0 aromatic heterocycles. The van der Waals surface area contributed by atoms with Gasteiger partial charge < -0.3 is 14.8 Å². The van der Waals surface area contributed by atoms with Crippen LogP contribution in [0.25, 0.3) is 0 Å². The van der Waals surface area contributed by atoms with Crippen molar-refractivity contribution in [2.24, 2.45) is 17.8 Å². The molecule has 0 spiro atoms. The van der Waals surface area contributed by atoms with E-state index in [9.17, 15) is 29.3 Å². The number of imide groups is 1. The molecule has 1 saturated heterocycles. The van der Waals surface area contributed by atoms with Crippen LogP contribution in [0.3, 0.4) is 0 Å². The van der Waals surface area contributed by atoms with Crippen LogP contribution in [0.15, 0.2) is 66.7 Å². The van der Waals surface area contributed by atoms with Gasteiger partial charge in [-0.1, -0.05) is 62.4 Å². The van der Waals surface area contributed by atoms with Crippen molar-refractivity contribution < 1.29 is 33.6 Å². The molecule has 3 aromatic carbocycles. The molecule has 1 N–H and O–H groups in total. The lowest BCUT2D eigenvalue weighted by Gasteiger charge is -2.45. The van der Waals surface area contributed by atoms with Crippen LogP contribution in [0.1, 0.15) is 54.4 Å². The quantitative estimate of drug-likeness (QED) is 0.165. The lowest BCUT2D eigenvalue weighted by atomic mass is 9.55. The highest BCUT2D eigenvalue weighted by atomic mass is 16.6. The van der Waals surface area contributed by atoms with Gasteiger partial charge in [0.05, 0.1) is 23.9 Å². The largest absolute Gasteiger partial charge is 0.497 e. The van der Waals surface area contributed by atoms with Crippen LogP contribution < -0.4 is 10.1 Å². The van der Waals surface area contributed by atoms with E-state index in [2.05, 4.69) is 5.32 Å². The van der Waals surface area contributed by atoms with Gasteiger partial charge in [0, 0.05) is 24.0 Å². The third-order valence-corrected chi connectivity index (χ3v) is 8.78. The van der Waals surface area contributed by atoms with Crippen LogP contribution in [0.2, 0.25) is 0 Å². The Balaban J connectivity index is 1.25. The Morgan fingerprint density at radius 1 is 0.909 bits per heavy atom. The van der Waals surface area contributed by atoms with E-state index in [1.807, 2.05) is 62.4 Å². The van der Waals surface area contributed by atoms with Gasteiger partial charge in [0.25, 0.3) is 11.6 Å². The van der Waals surface area contributed by atoms with E-state index in [0.29, 0.717) is 0 Å². The summed E-state index contributed by atoms with van der Waals surface area (Å²) in [5.41, 5.74) is 3.59. The van der Waals surface area contributed by atoms with Gasteiger partial charge in [0.1, 0.15) is 17.5 Å². The van der Waals surface area contributed by atoms with Gasteiger partial charge in [-0.25, -0.2) is 4.79 Å². The van der Waals surface area contributed by atoms with Crippen LogP contribution in [0.5, 0.6) is 5.75 Å². The fourth-order valence-electron chi connectivity index (χ4n) is 7.08. The molecular weight excluding hydrogens is 566 g/mol. The summed E-state index contributed by atoms with van der Waals surface area (Å²) in [6, 6.07) is 18.4. The van der Waals surface area contributed by atoms with E-state index >= 15 is 0 Å². The standard InChI is InChI=1S/C33H31N3O8/c1-17(2)14-25(33(40)44-16-26(37)34-23-15-18(43-3)12-13-24(23)36(41)42)35-31(38)29-27-19-8-4-5-9-20(19)28(30(29)32(35)39)22-11-7-6-10-21(22)27/h4-13,15,17,25,27-30H,14,16H2,1-3H3,(H,34,37)/t25-,27?,28?,29-,30+/m1/s1. The molecule has 4 aliphatic rings. The molecule has 11 heteroatoms. The molecule has 0 radical (unpaired) electrons. The Morgan fingerprint density at radius 3 is 1.89 bits per heavy atom. The lowest BCUT2D eigenvalue weighted by Crippen LogP contribution is -2.47. The fourth-order valence-corrected chi connectivity index (χ4v) is 7.08. The maximum Gasteiger partial charge on any atom is 0.329 e. The van der Waals surface area contributed by atoms with Gasteiger partial charge in [0.15, 0.2) is 6.61 Å². The van der Waals surface area contributed by atoms with Gasteiger partial charge in [-0.05, 0) is 40.7 Å². The number of methoxy groups -OCH3 is 1. The summed E-state index contributed by atoms with van der Waals surface area (Å²) in [7, 11) is 1.38. The van der Waals surface area contributed by atoms with Crippen LogP contribution >= 0.6 is 0 Å². The van der Waals surface area contributed by atoms with Crippen molar-refractivity contribution in [1.82, 2.24) is 4.90 Å². The SMILES string of the molecule is COc1ccc([N+](=O)[O-])c(NC(=O)COC(=O)[C@@H](CC(C)C)N2C(=O)[C@@H]3C4c5ccccc5C(c5ccccc54)[C@@H]3C2=O)c1. The topological polar surface area (TPSA) is 145 Å². The number of carbonyl (C=O) groups excluding carboxylic acids is 4. The molecular formula is C33H31N3O8. The van der Waals surface area contributed by atoms with Crippen molar-refractivity contribution in [3.63, 3.8) is 0 Å². The molecule has 1 aliphatic heterocycles. The van der Waals surface area contributed by atoms with Gasteiger partial charge in [0.2, 0.25) is 11.8 Å². The van der Waals surface area contributed by atoms with Crippen LogP contribution in [-0.4, -0.2) is 53.3 Å². The number of benzene rings is 3. The average molecular weight is 598 g/mol. The third-order valence-electron chi connectivity index (χ3n) is 8.78. The Morgan fingerprint density at radius 2 is 1.43 bits per heavy atom. The monoisotopic (exact) mass is 597 g/mol. The molecule has 3 aromatic rings. The maximum atomic E-state index is 14.2. The molecule has 1 heterocycles. The Bertz CT molecular complexity index is 1590. The number of likely N-dealkylation sites (tertiary alicyclic amines) is 1. The van der Waals surface area contributed by atoms with E-state index in [-0.39, 0.29) is 41.3 Å². The van der Waals surface area contributed by atoms with E-state index < -0.39 is 53.1 Å². The molecule has 1 fully saturated rings. The fraction of sp³-hybridized carbons (Fsp3) is 0.333. The summed E-state index contributed by atoms with van der Waals surface area (Å²) in [5, 5.41) is 13.8.